The molecule has 0 fully saturated rings. The maximum absolute atomic E-state index is 12.1. The minimum Gasteiger partial charge on any atom is -0.347 e. The summed E-state index contributed by atoms with van der Waals surface area (Å²) in [7, 11) is 0. The van der Waals surface area contributed by atoms with E-state index < -0.39 is 0 Å². The first-order chi connectivity index (χ1) is 10.6. The van der Waals surface area contributed by atoms with Crippen LogP contribution in [0.3, 0.4) is 0 Å². The first kappa shape index (κ1) is 17.2. The Balaban J connectivity index is 1.90. The van der Waals surface area contributed by atoms with Gasteiger partial charge < -0.3 is 5.32 Å². The number of hydrogen-bond acceptors (Lipinski definition) is 3. The third-order valence-corrected chi connectivity index (χ3v) is 5.26. The van der Waals surface area contributed by atoms with E-state index in [0.717, 1.165) is 29.0 Å². The lowest BCUT2D eigenvalue weighted by Gasteiger charge is -2.18. The summed E-state index contributed by atoms with van der Waals surface area (Å²) in [4.78, 5) is 15.6. The number of carbonyl (C=O) groups excluding carboxylic acids is 1. The molecule has 0 bridgehead atoms. The summed E-state index contributed by atoms with van der Waals surface area (Å²) in [5.74, 6) is -0.0288. The van der Waals surface area contributed by atoms with Crippen LogP contribution < -0.4 is 5.32 Å². The molecule has 0 aliphatic rings. The molecule has 0 radical (unpaired) electrons. The second-order valence-corrected chi connectivity index (χ2v) is 6.98. The molecule has 0 saturated heterocycles. The second-order valence-electron chi connectivity index (χ2n) is 5.07. The van der Waals surface area contributed by atoms with Crippen LogP contribution in [0.5, 0.6) is 0 Å². The zero-order valence-electron chi connectivity index (χ0n) is 12.9. The van der Waals surface area contributed by atoms with Gasteiger partial charge in [-0.3, -0.25) is 9.69 Å². The lowest BCUT2D eigenvalue weighted by atomic mass is 10.1. The molecule has 118 valence electrons. The van der Waals surface area contributed by atoms with Crippen molar-refractivity contribution in [3.8, 4) is 0 Å². The topological polar surface area (TPSA) is 32.3 Å². The normalized spacial score (nSPS) is 10.9. The van der Waals surface area contributed by atoms with Crippen LogP contribution in [0.15, 0.2) is 40.2 Å². The van der Waals surface area contributed by atoms with E-state index in [9.17, 15) is 4.79 Å². The predicted molar refractivity (Wildman–Crippen MR) is 96.3 cm³/mol. The van der Waals surface area contributed by atoms with Crippen molar-refractivity contribution < 1.29 is 4.79 Å². The molecular formula is C17H21BrN2OS. The third-order valence-electron chi connectivity index (χ3n) is 3.56. The van der Waals surface area contributed by atoms with Gasteiger partial charge in [-0.05, 0) is 52.8 Å². The maximum Gasteiger partial charge on any atom is 0.251 e. The molecule has 22 heavy (non-hydrogen) atoms. The van der Waals surface area contributed by atoms with Gasteiger partial charge in [-0.2, -0.15) is 0 Å². The van der Waals surface area contributed by atoms with E-state index in [4.69, 9.17) is 0 Å². The Morgan fingerprint density at radius 3 is 2.45 bits per heavy atom. The van der Waals surface area contributed by atoms with Crippen molar-refractivity contribution in [3.05, 3.63) is 56.2 Å². The summed E-state index contributed by atoms with van der Waals surface area (Å²) in [6.07, 6.45) is 0. The highest BCUT2D eigenvalue weighted by Gasteiger charge is 2.07. The van der Waals surface area contributed by atoms with Crippen molar-refractivity contribution in [3.63, 3.8) is 0 Å². The fraction of sp³-hybridized carbons (Fsp3) is 0.353. The van der Waals surface area contributed by atoms with Crippen molar-refractivity contribution in [2.24, 2.45) is 0 Å². The number of nitrogens with one attached hydrogen (secondary N) is 1. The Morgan fingerprint density at radius 2 is 1.91 bits per heavy atom. The molecular weight excluding hydrogens is 360 g/mol. The second kappa shape index (κ2) is 8.46. The van der Waals surface area contributed by atoms with Crippen LogP contribution in [-0.2, 0) is 13.1 Å². The zero-order chi connectivity index (χ0) is 15.9. The molecule has 0 aliphatic carbocycles. The number of halogens is 1. The van der Waals surface area contributed by atoms with E-state index in [1.54, 1.807) is 11.3 Å². The summed E-state index contributed by atoms with van der Waals surface area (Å²) >= 11 is 5.05. The Bertz CT molecular complexity index is 605. The van der Waals surface area contributed by atoms with Gasteiger partial charge in [-0.15, -0.1) is 11.3 Å². The SMILES string of the molecule is CCN(CC)Cc1ccc(C(=O)NCc2cc(Br)cs2)cc1. The molecule has 0 spiro atoms. The largest absolute Gasteiger partial charge is 0.347 e. The van der Waals surface area contributed by atoms with Gasteiger partial charge in [0.1, 0.15) is 0 Å². The standard InChI is InChI=1S/C17H21BrN2OS/c1-3-20(4-2)11-13-5-7-14(8-6-13)17(21)19-10-16-9-15(18)12-22-16/h5-9,12H,3-4,10-11H2,1-2H3,(H,19,21). The molecule has 0 aliphatic heterocycles. The minimum absolute atomic E-state index is 0.0288. The number of hydrogen-bond donors (Lipinski definition) is 1. The number of benzene rings is 1. The predicted octanol–water partition coefficient (Wildman–Crippen LogP) is 4.28. The number of thiophene rings is 1. The monoisotopic (exact) mass is 380 g/mol. The van der Waals surface area contributed by atoms with E-state index in [2.05, 4.69) is 40.0 Å². The summed E-state index contributed by atoms with van der Waals surface area (Å²) in [5.41, 5.74) is 1.95. The molecule has 0 saturated carbocycles. The van der Waals surface area contributed by atoms with E-state index in [1.165, 1.54) is 5.56 Å². The summed E-state index contributed by atoms with van der Waals surface area (Å²) in [6, 6.07) is 9.90. The van der Waals surface area contributed by atoms with Crippen LogP contribution in [-0.4, -0.2) is 23.9 Å². The van der Waals surface area contributed by atoms with Crippen LogP contribution in [0, 0.1) is 0 Å². The van der Waals surface area contributed by atoms with Gasteiger partial charge in [-0.1, -0.05) is 26.0 Å². The number of carbonyl (C=O) groups is 1. The molecule has 0 atom stereocenters. The van der Waals surface area contributed by atoms with Crippen LogP contribution in [0.2, 0.25) is 0 Å². The average Bonchev–Trinajstić information content (AvgIpc) is 2.96. The summed E-state index contributed by atoms with van der Waals surface area (Å²) in [6.45, 7) is 7.89. The van der Waals surface area contributed by atoms with E-state index in [1.807, 2.05) is 35.7 Å². The van der Waals surface area contributed by atoms with Gasteiger partial charge in [0.15, 0.2) is 0 Å². The van der Waals surface area contributed by atoms with Crippen LogP contribution >= 0.6 is 27.3 Å². The molecule has 1 amide bonds. The highest BCUT2D eigenvalue weighted by atomic mass is 79.9. The van der Waals surface area contributed by atoms with Crippen molar-refractivity contribution in [1.29, 1.82) is 0 Å². The Labute approximate surface area is 144 Å². The van der Waals surface area contributed by atoms with Gasteiger partial charge in [0, 0.05) is 26.8 Å². The molecule has 1 aromatic carbocycles. The lowest BCUT2D eigenvalue weighted by molar-refractivity contribution is 0.0951. The minimum atomic E-state index is -0.0288. The van der Waals surface area contributed by atoms with Crippen molar-refractivity contribution in [1.82, 2.24) is 10.2 Å². The molecule has 3 nitrogen and oxygen atoms in total. The number of amides is 1. The van der Waals surface area contributed by atoms with Gasteiger partial charge in [0.05, 0.1) is 6.54 Å². The van der Waals surface area contributed by atoms with Gasteiger partial charge >= 0.3 is 0 Å². The first-order valence-corrected chi connectivity index (χ1v) is 9.12. The van der Waals surface area contributed by atoms with E-state index in [0.29, 0.717) is 12.1 Å². The van der Waals surface area contributed by atoms with E-state index in [-0.39, 0.29) is 5.91 Å². The van der Waals surface area contributed by atoms with Crippen LogP contribution in [0.4, 0.5) is 0 Å². The molecule has 1 aromatic heterocycles. The van der Waals surface area contributed by atoms with E-state index >= 15 is 0 Å². The Morgan fingerprint density at radius 1 is 1.23 bits per heavy atom. The zero-order valence-corrected chi connectivity index (χ0v) is 15.3. The fourth-order valence-electron chi connectivity index (χ4n) is 2.18. The molecule has 0 unspecified atom stereocenters. The van der Waals surface area contributed by atoms with Crippen molar-refractivity contribution in [2.45, 2.75) is 26.9 Å². The Kier molecular flexibility index (Phi) is 6.61. The van der Waals surface area contributed by atoms with Crippen molar-refractivity contribution in [2.75, 3.05) is 13.1 Å². The highest BCUT2D eigenvalue weighted by molar-refractivity contribution is 9.10. The molecule has 1 heterocycles. The summed E-state index contributed by atoms with van der Waals surface area (Å²) < 4.78 is 1.06. The van der Waals surface area contributed by atoms with Crippen LogP contribution in [0.1, 0.15) is 34.6 Å². The molecule has 5 heteroatoms. The summed E-state index contributed by atoms with van der Waals surface area (Å²) in [5, 5.41) is 4.97. The number of rotatable bonds is 7. The molecule has 1 N–H and O–H groups in total. The van der Waals surface area contributed by atoms with Gasteiger partial charge in [-0.25, -0.2) is 0 Å². The van der Waals surface area contributed by atoms with Gasteiger partial charge in [0.2, 0.25) is 0 Å². The first-order valence-electron chi connectivity index (χ1n) is 7.44. The average molecular weight is 381 g/mol. The maximum atomic E-state index is 12.1. The molecule has 2 rings (SSSR count). The highest BCUT2D eigenvalue weighted by Crippen LogP contribution is 2.19. The lowest BCUT2D eigenvalue weighted by Crippen LogP contribution is -2.23. The third kappa shape index (κ3) is 4.93. The van der Waals surface area contributed by atoms with Gasteiger partial charge in [0.25, 0.3) is 5.91 Å². The fourth-order valence-corrected chi connectivity index (χ4v) is 3.57. The smallest absolute Gasteiger partial charge is 0.251 e. The van der Waals surface area contributed by atoms with Crippen LogP contribution in [0.25, 0.3) is 0 Å². The molecule has 2 aromatic rings. The van der Waals surface area contributed by atoms with Crippen molar-refractivity contribution >= 4 is 33.2 Å². The number of nitrogens with zero attached hydrogens (tertiary/aromatic N) is 1. The quantitative estimate of drug-likeness (QED) is 0.776. The Hall–Kier alpha value is -1.17.